The van der Waals surface area contributed by atoms with Gasteiger partial charge in [0.05, 0.1) is 22.4 Å². The average Bonchev–Trinajstić information content (AvgIpc) is 3.27. The van der Waals surface area contributed by atoms with Crippen LogP contribution in [0.15, 0.2) is 66.7 Å². The van der Waals surface area contributed by atoms with E-state index >= 15 is 0 Å². The van der Waals surface area contributed by atoms with Gasteiger partial charge in [-0.3, -0.25) is 0 Å². The normalized spacial score (nSPS) is 11.0. The van der Waals surface area contributed by atoms with Gasteiger partial charge in [0.25, 0.3) is 0 Å². The summed E-state index contributed by atoms with van der Waals surface area (Å²) in [5, 5.41) is 9.89. The predicted molar refractivity (Wildman–Crippen MR) is 130 cm³/mol. The van der Waals surface area contributed by atoms with Gasteiger partial charge in [-0.2, -0.15) is 0 Å². The number of carboxylic acids is 1. The molecule has 4 rings (SSSR count). The van der Waals surface area contributed by atoms with Crippen molar-refractivity contribution in [2.75, 3.05) is 18.1 Å². The highest BCUT2D eigenvalue weighted by Gasteiger charge is 2.15. The first kappa shape index (κ1) is 22.7. The Bertz CT molecular complexity index is 1220. The first-order valence-electron chi connectivity index (χ1n) is 10.9. The molecule has 3 aromatic carbocycles. The Kier molecular flexibility index (Phi) is 7.19. The molecule has 7 heteroatoms. The van der Waals surface area contributed by atoms with Gasteiger partial charge < -0.3 is 14.7 Å². The highest BCUT2D eigenvalue weighted by atomic mass is 32.1. The van der Waals surface area contributed by atoms with Crippen molar-refractivity contribution in [3.05, 3.63) is 89.2 Å². The van der Waals surface area contributed by atoms with Gasteiger partial charge in [-0.15, -0.1) is 0 Å². The lowest BCUT2D eigenvalue weighted by atomic mass is 10.1. The number of fused-ring (bicyclic) bond motifs is 1. The summed E-state index contributed by atoms with van der Waals surface area (Å²) >= 11 is 1.33. The van der Waals surface area contributed by atoms with Crippen molar-refractivity contribution in [2.24, 2.45) is 0 Å². The van der Waals surface area contributed by atoms with Crippen LogP contribution in [0, 0.1) is 5.82 Å². The van der Waals surface area contributed by atoms with Crippen LogP contribution in [0.4, 0.5) is 9.52 Å². The molecule has 0 atom stereocenters. The number of ether oxygens (including phenoxy) is 1. The molecule has 0 aliphatic rings. The van der Waals surface area contributed by atoms with E-state index in [4.69, 9.17) is 9.84 Å². The van der Waals surface area contributed by atoms with Crippen LogP contribution in [-0.4, -0.2) is 29.2 Å². The molecule has 170 valence electrons. The Morgan fingerprint density at radius 1 is 1.06 bits per heavy atom. The quantitative estimate of drug-likeness (QED) is 0.304. The van der Waals surface area contributed by atoms with Gasteiger partial charge in [-0.25, -0.2) is 14.2 Å². The summed E-state index contributed by atoms with van der Waals surface area (Å²) < 4.78 is 20.5. The van der Waals surface area contributed by atoms with Gasteiger partial charge >= 0.3 is 5.97 Å². The van der Waals surface area contributed by atoms with Crippen LogP contribution in [0.2, 0.25) is 0 Å². The molecule has 0 spiro atoms. The number of benzene rings is 3. The number of anilines is 1. The molecule has 5 nitrogen and oxygen atoms in total. The van der Waals surface area contributed by atoms with E-state index in [1.54, 1.807) is 18.2 Å². The van der Waals surface area contributed by atoms with Gasteiger partial charge in [0, 0.05) is 13.1 Å². The number of aromatic carboxylic acids is 1. The van der Waals surface area contributed by atoms with Crippen LogP contribution in [0.5, 0.6) is 5.75 Å². The highest BCUT2D eigenvalue weighted by Crippen LogP contribution is 2.31. The largest absolute Gasteiger partial charge is 0.494 e. The van der Waals surface area contributed by atoms with Crippen LogP contribution in [-0.2, 0) is 13.0 Å². The standard InChI is InChI=1S/C26H25FN2O3S/c1-2-16-32-21-12-8-18(9-13-21)14-15-29(17-19-6-10-20(11-7-19)25(30)31)26-28-23-5-3-4-22(27)24(23)33-26/h3-13H,2,14-17H2,1H3,(H,30,31). The van der Waals surface area contributed by atoms with Crippen LogP contribution in [0.1, 0.15) is 34.8 Å². The first-order valence-corrected chi connectivity index (χ1v) is 11.7. The maximum Gasteiger partial charge on any atom is 0.335 e. The van der Waals surface area contributed by atoms with E-state index < -0.39 is 5.97 Å². The number of rotatable bonds is 10. The van der Waals surface area contributed by atoms with E-state index in [1.165, 1.54) is 17.4 Å². The number of thiazole rings is 1. The van der Waals surface area contributed by atoms with Gasteiger partial charge in [-0.1, -0.05) is 48.6 Å². The van der Waals surface area contributed by atoms with Crippen molar-refractivity contribution in [3.63, 3.8) is 0 Å². The minimum atomic E-state index is -0.952. The van der Waals surface area contributed by atoms with Crippen molar-refractivity contribution in [1.29, 1.82) is 0 Å². The molecule has 0 bridgehead atoms. The minimum absolute atomic E-state index is 0.248. The fraction of sp³-hybridized carbons (Fsp3) is 0.231. The third kappa shape index (κ3) is 5.68. The van der Waals surface area contributed by atoms with Crippen molar-refractivity contribution >= 4 is 32.7 Å². The molecule has 1 aromatic heterocycles. The number of carboxylic acid groups (broad SMARTS) is 1. The minimum Gasteiger partial charge on any atom is -0.494 e. The smallest absolute Gasteiger partial charge is 0.335 e. The summed E-state index contributed by atoms with van der Waals surface area (Å²) in [4.78, 5) is 17.9. The van der Waals surface area contributed by atoms with Gasteiger partial charge in [0.1, 0.15) is 11.6 Å². The van der Waals surface area contributed by atoms with Crippen molar-refractivity contribution in [1.82, 2.24) is 4.98 Å². The maximum absolute atomic E-state index is 14.3. The van der Waals surface area contributed by atoms with Crippen LogP contribution in [0.25, 0.3) is 10.2 Å². The van der Waals surface area contributed by atoms with Crippen molar-refractivity contribution in [2.45, 2.75) is 26.3 Å². The van der Waals surface area contributed by atoms with Crippen LogP contribution >= 0.6 is 11.3 Å². The Morgan fingerprint density at radius 3 is 2.45 bits per heavy atom. The number of carbonyl (C=O) groups is 1. The van der Waals surface area contributed by atoms with Crippen molar-refractivity contribution in [3.8, 4) is 5.75 Å². The summed E-state index contributed by atoms with van der Waals surface area (Å²) in [5.74, 6) is -0.367. The molecule has 0 amide bonds. The number of aromatic nitrogens is 1. The highest BCUT2D eigenvalue weighted by molar-refractivity contribution is 7.22. The lowest BCUT2D eigenvalue weighted by molar-refractivity contribution is 0.0697. The molecule has 0 aliphatic carbocycles. The molecule has 0 unspecified atom stereocenters. The zero-order chi connectivity index (χ0) is 23.2. The van der Waals surface area contributed by atoms with E-state index in [9.17, 15) is 9.18 Å². The number of hydrogen-bond acceptors (Lipinski definition) is 5. The molecule has 0 fully saturated rings. The molecule has 33 heavy (non-hydrogen) atoms. The van der Waals surface area contributed by atoms with Crippen LogP contribution < -0.4 is 9.64 Å². The lowest BCUT2D eigenvalue weighted by Gasteiger charge is -2.22. The van der Waals surface area contributed by atoms with Crippen molar-refractivity contribution < 1.29 is 19.0 Å². The molecule has 1 N–H and O–H groups in total. The topological polar surface area (TPSA) is 62.7 Å². The summed E-state index contributed by atoms with van der Waals surface area (Å²) in [7, 11) is 0. The zero-order valence-corrected chi connectivity index (χ0v) is 19.1. The monoisotopic (exact) mass is 464 g/mol. The van der Waals surface area contributed by atoms with Gasteiger partial charge in [-0.05, 0) is 60.4 Å². The Balaban J connectivity index is 1.55. The lowest BCUT2D eigenvalue weighted by Crippen LogP contribution is -2.25. The van der Waals surface area contributed by atoms with Crippen LogP contribution in [0.3, 0.4) is 0 Å². The Labute approximate surface area is 196 Å². The van der Waals surface area contributed by atoms with E-state index in [1.807, 2.05) is 30.3 Å². The second-order valence-electron chi connectivity index (χ2n) is 7.75. The van der Waals surface area contributed by atoms with E-state index in [0.29, 0.717) is 29.9 Å². The second-order valence-corrected chi connectivity index (χ2v) is 8.73. The molecule has 4 aromatic rings. The molecular formula is C26H25FN2O3S. The van der Waals surface area contributed by atoms with Gasteiger partial charge in [0.15, 0.2) is 5.13 Å². The second kappa shape index (κ2) is 10.4. The summed E-state index contributed by atoms with van der Waals surface area (Å²) in [6.07, 6.45) is 1.74. The predicted octanol–water partition coefficient (Wildman–Crippen LogP) is 6.17. The summed E-state index contributed by atoms with van der Waals surface area (Å²) in [6, 6.07) is 19.8. The fourth-order valence-electron chi connectivity index (χ4n) is 3.49. The zero-order valence-electron chi connectivity index (χ0n) is 18.3. The maximum atomic E-state index is 14.3. The summed E-state index contributed by atoms with van der Waals surface area (Å²) in [6.45, 7) is 3.99. The van der Waals surface area contributed by atoms with E-state index in [-0.39, 0.29) is 11.4 Å². The Morgan fingerprint density at radius 2 is 1.79 bits per heavy atom. The Hall–Kier alpha value is -3.45. The number of nitrogens with zero attached hydrogens (tertiary/aromatic N) is 2. The van der Waals surface area contributed by atoms with E-state index in [0.717, 1.165) is 34.8 Å². The summed E-state index contributed by atoms with van der Waals surface area (Å²) in [5.41, 5.74) is 3.01. The third-order valence-corrected chi connectivity index (χ3v) is 6.41. The average molecular weight is 465 g/mol. The molecule has 0 saturated heterocycles. The molecule has 0 saturated carbocycles. The van der Waals surface area contributed by atoms with E-state index in [2.05, 4.69) is 28.9 Å². The molecule has 1 heterocycles. The SMILES string of the molecule is CCCOc1ccc(CCN(Cc2ccc(C(=O)O)cc2)c2nc3cccc(F)c3s2)cc1. The molecule has 0 aliphatic heterocycles. The fourth-order valence-corrected chi connectivity index (χ4v) is 4.49. The molecular weight excluding hydrogens is 439 g/mol. The third-order valence-electron chi connectivity index (χ3n) is 5.27. The van der Waals surface area contributed by atoms with Gasteiger partial charge in [0.2, 0.25) is 0 Å². The molecule has 0 radical (unpaired) electrons. The first-order chi connectivity index (χ1) is 16.0. The number of halogens is 1. The number of hydrogen-bond donors (Lipinski definition) is 1.